The summed E-state index contributed by atoms with van der Waals surface area (Å²) in [7, 11) is 0. The molecule has 0 aromatic heterocycles. The van der Waals surface area contributed by atoms with E-state index in [9.17, 15) is 4.79 Å². The van der Waals surface area contributed by atoms with Crippen LogP contribution in [0.25, 0.3) is 0 Å². The Bertz CT molecular complexity index is 498. The smallest absolute Gasteiger partial charge is 0.186 e. The van der Waals surface area contributed by atoms with Gasteiger partial charge in [-0.25, -0.2) is 0 Å². The molecule has 1 fully saturated rings. The number of morpholine rings is 1. The molecular weight excluding hydrogens is 258 g/mol. The Kier molecular flexibility index (Phi) is 5.31. The molecule has 1 aliphatic rings. The maximum Gasteiger partial charge on any atom is 0.186 e. The van der Waals surface area contributed by atoms with Gasteiger partial charge in [-0.1, -0.05) is 29.7 Å². The van der Waals surface area contributed by atoms with Crippen LogP contribution in [0.4, 0.5) is 5.69 Å². The first kappa shape index (κ1) is 14.0. The van der Waals surface area contributed by atoms with E-state index in [1.54, 1.807) is 6.92 Å². The van der Waals surface area contributed by atoms with Crippen LogP contribution in [0.1, 0.15) is 12.5 Å². The van der Waals surface area contributed by atoms with E-state index >= 15 is 0 Å². The van der Waals surface area contributed by atoms with Crippen LogP contribution in [0.2, 0.25) is 0 Å². The number of benzene rings is 1. The maximum absolute atomic E-state index is 10.8. The van der Waals surface area contributed by atoms with Gasteiger partial charge in [-0.05, 0) is 18.2 Å². The molecule has 0 spiro atoms. The van der Waals surface area contributed by atoms with Crippen LogP contribution in [0.3, 0.4) is 0 Å². The zero-order chi connectivity index (χ0) is 13.5. The summed E-state index contributed by atoms with van der Waals surface area (Å²) >= 11 is 1.24. The predicted molar refractivity (Wildman–Crippen MR) is 79.5 cm³/mol. The molecule has 1 aromatic rings. The summed E-state index contributed by atoms with van der Waals surface area (Å²) in [5, 5.41) is 0.108. The van der Waals surface area contributed by atoms with Crippen molar-refractivity contribution in [2.75, 3.05) is 37.0 Å². The Labute approximate surface area is 118 Å². The number of thioether (sulfide) groups is 1. The highest BCUT2D eigenvalue weighted by Crippen LogP contribution is 2.17. The summed E-state index contributed by atoms with van der Waals surface area (Å²) < 4.78 is 5.35. The van der Waals surface area contributed by atoms with Crippen LogP contribution in [-0.4, -0.2) is 37.2 Å². The number of rotatable bonds is 2. The number of carbonyl (C=O) groups excluding carboxylic acids is 1. The Morgan fingerprint density at radius 3 is 2.95 bits per heavy atom. The number of anilines is 1. The largest absolute Gasteiger partial charge is 0.378 e. The summed E-state index contributed by atoms with van der Waals surface area (Å²) in [6.45, 7) is 4.98. The molecule has 19 heavy (non-hydrogen) atoms. The molecule has 1 aromatic carbocycles. The molecule has 1 aliphatic heterocycles. The third-order valence-corrected chi connectivity index (χ3v) is 3.50. The first-order valence-electron chi connectivity index (χ1n) is 6.31. The Hall–Kier alpha value is -1.44. The monoisotopic (exact) mass is 275 g/mol. The second-order valence-corrected chi connectivity index (χ2v) is 5.38. The summed E-state index contributed by atoms with van der Waals surface area (Å²) in [6.07, 6.45) is 0. The zero-order valence-corrected chi connectivity index (χ0v) is 11.8. The number of ether oxygens (including phenoxy) is 1. The average Bonchev–Trinajstić information content (AvgIpc) is 2.45. The molecule has 0 saturated carbocycles. The van der Waals surface area contributed by atoms with E-state index < -0.39 is 0 Å². The molecule has 0 aliphatic carbocycles. The van der Waals surface area contributed by atoms with Gasteiger partial charge in [0.25, 0.3) is 0 Å². The Morgan fingerprint density at radius 2 is 2.21 bits per heavy atom. The molecule has 1 heterocycles. The quantitative estimate of drug-likeness (QED) is 0.774. The highest BCUT2D eigenvalue weighted by molar-refractivity contribution is 8.13. The number of hydrogen-bond acceptors (Lipinski definition) is 4. The lowest BCUT2D eigenvalue weighted by molar-refractivity contribution is -0.109. The molecule has 0 N–H and O–H groups in total. The average molecular weight is 275 g/mol. The van der Waals surface area contributed by atoms with E-state index in [1.165, 1.54) is 17.4 Å². The van der Waals surface area contributed by atoms with Crippen molar-refractivity contribution in [3.63, 3.8) is 0 Å². The van der Waals surface area contributed by atoms with Gasteiger partial charge >= 0.3 is 0 Å². The minimum Gasteiger partial charge on any atom is -0.378 e. The molecular formula is C15H17NO2S. The molecule has 0 radical (unpaired) electrons. The fourth-order valence-corrected chi connectivity index (χ4v) is 2.23. The molecule has 0 bridgehead atoms. The van der Waals surface area contributed by atoms with Gasteiger partial charge < -0.3 is 9.64 Å². The highest BCUT2D eigenvalue weighted by Gasteiger charge is 2.10. The summed E-state index contributed by atoms with van der Waals surface area (Å²) in [6, 6.07) is 8.21. The topological polar surface area (TPSA) is 29.5 Å². The number of nitrogens with zero attached hydrogens (tertiary/aromatic N) is 1. The third-order valence-electron chi connectivity index (χ3n) is 2.80. The lowest BCUT2D eigenvalue weighted by Gasteiger charge is -2.28. The van der Waals surface area contributed by atoms with E-state index in [1.807, 2.05) is 12.1 Å². The first-order chi connectivity index (χ1) is 9.25. The molecule has 3 nitrogen and oxygen atoms in total. The zero-order valence-electron chi connectivity index (χ0n) is 11.0. The van der Waals surface area contributed by atoms with Gasteiger partial charge in [0.15, 0.2) is 5.12 Å². The first-order valence-corrected chi connectivity index (χ1v) is 7.29. The van der Waals surface area contributed by atoms with Crippen molar-refractivity contribution in [2.24, 2.45) is 0 Å². The second-order valence-electron chi connectivity index (χ2n) is 4.23. The summed E-state index contributed by atoms with van der Waals surface area (Å²) in [5.74, 6) is 6.66. The van der Waals surface area contributed by atoms with Gasteiger partial charge in [0.2, 0.25) is 0 Å². The predicted octanol–water partition coefficient (Wildman–Crippen LogP) is 2.15. The fourth-order valence-electron chi connectivity index (χ4n) is 1.88. The van der Waals surface area contributed by atoms with E-state index in [0.717, 1.165) is 31.9 Å². The molecule has 0 unspecified atom stereocenters. The van der Waals surface area contributed by atoms with Crippen LogP contribution < -0.4 is 4.90 Å². The summed E-state index contributed by atoms with van der Waals surface area (Å²) in [4.78, 5) is 13.1. The van der Waals surface area contributed by atoms with Gasteiger partial charge in [-0.3, -0.25) is 4.79 Å². The SMILES string of the molecule is CC(=O)SCC#Cc1cccc(N2CCOCC2)c1. The Morgan fingerprint density at radius 1 is 1.42 bits per heavy atom. The van der Waals surface area contributed by atoms with Crippen LogP contribution in [0.15, 0.2) is 24.3 Å². The van der Waals surface area contributed by atoms with Crippen LogP contribution in [-0.2, 0) is 9.53 Å². The fraction of sp³-hybridized carbons (Fsp3) is 0.400. The lowest BCUT2D eigenvalue weighted by Crippen LogP contribution is -2.36. The van der Waals surface area contributed by atoms with Gasteiger partial charge in [0.05, 0.1) is 19.0 Å². The standard InChI is InChI=1S/C15H17NO2S/c1-13(17)19-11-3-5-14-4-2-6-15(12-14)16-7-9-18-10-8-16/h2,4,6,12H,7-11H2,1H3. The lowest BCUT2D eigenvalue weighted by atomic mass is 10.2. The highest BCUT2D eigenvalue weighted by atomic mass is 32.2. The van der Waals surface area contributed by atoms with E-state index in [0.29, 0.717) is 5.75 Å². The van der Waals surface area contributed by atoms with E-state index in [4.69, 9.17) is 4.74 Å². The van der Waals surface area contributed by atoms with Crippen molar-refractivity contribution in [1.82, 2.24) is 0 Å². The number of hydrogen-bond donors (Lipinski definition) is 0. The van der Waals surface area contributed by atoms with Crippen molar-refractivity contribution in [2.45, 2.75) is 6.92 Å². The van der Waals surface area contributed by atoms with E-state index in [2.05, 4.69) is 28.9 Å². The van der Waals surface area contributed by atoms with Gasteiger partial charge in [0.1, 0.15) is 0 Å². The van der Waals surface area contributed by atoms with Crippen molar-refractivity contribution < 1.29 is 9.53 Å². The van der Waals surface area contributed by atoms with Gasteiger partial charge in [-0.15, -0.1) is 0 Å². The maximum atomic E-state index is 10.8. The summed E-state index contributed by atoms with van der Waals surface area (Å²) in [5.41, 5.74) is 2.18. The minimum atomic E-state index is 0.108. The van der Waals surface area contributed by atoms with Crippen molar-refractivity contribution >= 4 is 22.6 Å². The second kappa shape index (κ2) is 7.22. The molecule has 4 heteroatoms. The third kappa shape index (κ3) is 4.62. The normalized spacial score (nSPS) is 14.7. The molecule has 100 valence electrons. The van der Waals surface area contributed by atoms with Crippen LogP contribution in [0.5, 0.6) is 0 Å². The van der Waals surface area contributed by atoms with Gasteiger partial charge in [0, 0.05) is 31.3 Å². The van der Waals surface area contributed by atoms with Crippen LogP contribution in [0, 0.1) is 11.8 Å². The minimum absolute atomic E-state index is 0.108. The molecule has 2 rings (SSSR count). The number of carbonyl (C=O) groups is 1. The Balaban J connectivity index is 2.00. The molecule has 0 amide bonds. The molecule has 1 saturated heterocycles. The van der Waals surface area contributed by atoms with Crippen molar-refractivity contribution in [3.05, 3.63) is 29.8 Å². The van der Waals surface area contributed by atoms with Crippen LogP contribution >= 0.6 is 11.8 Å². The van der Waals surface area contributed by atoms with Crippen molar-refractivity contribution in [1.29, 1.82) is 0 Å². The van der Waals surface area contributed by atoms with Crippen molar-refractivity contribution in [3.8, 4) is 11.8 Å². The van der Waals surface area contributed by atoms with E-state index in [-0.39, 0.29) is 5.12 Å². The molecule has 0 atom stereocenters. The van der Waals surface area contributed by atoms with Gasteiger partial charge in [-0.2, -0.15) is 0 Å².